The second kappa shape index (κ2) is 6.61. The fourth-order valence-electron chi connectivity index (χ4n) is 1.85. The number of imide groups is 1. The van der Waals surface area contributed by atoms with Gasteiger partial charge in [0.2, 0.25) is 5.91 Å². The van der Waals surface area contributed by atoms with Gasteiger partial charge in [-0.3, -0.25) is 4.79 Å². The summed E-state index contributed by atoms with van der Waals surface area (Å²) in [6.45, 7) is 2.71. The van der Waals surface area contributed by atoms with Crippen molar-refractivity contribution in [2.75, 3.05) is 13.2 Å². The molecule has 1 fully saturated rings. The van der Waals surface area contributed by atoms with Crippen LogP contribution in [0.15, 0.2) is 30.3 Å². The van der Waals surface area contributed by atoms with E-state index in [9.17, 15) is 9.59 Å². The first kappa shape index (κ1) is 13.9. The largest absolute Gasteiger partial charge is 0.447 e. The number of hydrogen-bond acceptors (Lipinski definition) is 4. The van der Waals surface area contributed by atoms with Gasteiger partial charge in [-0.1, -0.05) is 37.3 Å². The fourth-order valence-corrected chi connectivity index (χ4v) is 2.78. The molecule has 4 nitrogen and oxygen atoms in total. The van der Waals surface area contributed by atoms with E-state index in [0.29, 0.717) is 19.6 Å². The van der Waals surface area contributed by atoms with Crippen molar-refractivity contribution in [3.05, 3.63) is 35.9 Å². The van der Waals surface area contributed by atoms with E-state index in [1.807, 2.05) is 25.1 Å². The zero-order chi connectivity index (χ0) is 13.7. The summed E-state index contributed by atoms with van der Waals surface area (Å²) in [5, 5.41) is 0.182. The molecule has 1 heterocycles. The standard InChI is InChI=1S/C14H17NO3S/c1-11(19-10-12-5-3-2-4-6-12)9-13(16)15-7-8-18-14(15)17/h2-6,11H,7-10H2,1H3/t11-/m1/s1. The van der Waals surface area contributed by atoms with Gasteiger partial charge in [0.1, 0.15) is 6.61 Å². The van der Waals surface area contributed by atoms with E-state index in [-0.39, 0.29) is 11.2 Å². The van der Waals surface area contributed by atoms with Gasteiger partial charge in [0, 0.05) is 17.4 Å². The molecule has 1 aromatic rings. The summed E-state index contributed by atoms with van der Waals surface area (Å²) in [5.74, 6) is 0.732. The highest BCUT2D eigenvalue weighted by atomic mass is 32.2. The van der Waals surface area contributed by atoms with Crippen molar-refractivity contribution in [2.24, 2.45) is 0 Å². The molecule has 19 heavy (non-hydrogen) atoms. The Morgan fingerprint density at radius 2 is 2.16 bits per heavy atom. The first-order chi connectivity index (χ1) is 9.16. The number of carbonyl (C=O) groups excluding carboxylic acids is 2. The molecule has 2 amide bonds. The number of ether oxygens (including phenoxy) is 1. The van der Waals surface area contributed by atoms with Gasteiger partial charge < -0.3 is 4.74 Å². The number of carbonyl (C=O) groups is 2. The third-order valence-corrected chi connectivity index (χ3v) is 4.14. The van der Waals surface area contributed by atoms with Crippen molar-refractivity contribution in [2.45, 2.75) is 24.3 Å². The van der Waals surface area contributed by atoms with Gasteiger partial charge in [-0.05, 0) is 5.56 Å². The molecule has 1 aliphatic heterocycles. The first-order valence-electron chi connectivity index (χ1n) is 6.29. The van der Waals surface area contributed by atoms with Crippen LogP contribution in [-0.4, -0.2) is 35.3 Å². The number of nitrogens with zero attached hydrogens (tertiary/aromatic N) is 1. The predicted molar refractivity (Wildman–Crippen MR) is 74.9 cm³/mol. The molecule has 0 N–H and O–H groups in total. The van der Waals surface area contributed by atoms with Crippen molar-refractivity contribution in [1.82, 2.24) is 4.90 Å². The van der Waals surface area contributed by atoms with Crippen molar-refractivity contribution < 1.29 is 14.3 Å². The van der Waals surface area contributed by atoms with E-state index in [1.165, 1.54) is 10.5 Å². The molecular formula is C14H17NO3S. The zero-order valence-electron chi connectivity index (χ0n) is 10.9. The Morgan fingerprint density at radius 3 is 2.79 bits per heavy atom. The Labute approximate surface area is 117 Å². The van der Waals surface area contributed by atoms with Crippen LogP contribution in [0.25, 0.3) is 0 Å². The lowest BCUT2D eigenvalue weighted by Crippen LogP contribution is -2.33. The first-order valence-corrected chi connectivity index (χ1v) is 7.34. The van der Waals surface area contributed by atoms with E-state index < -0.39 is 6.09 Å². The highest BCUT2D eigenvalue weighted by molar-refractivity contribution is 7.99. The van der Waals surface area contributed by atoms with E-state index in [2.05, 4.69) is 12.1 Å². The minimum absolute atomic E-state index is 0.143. The monoisotopic (exact) mass is 279 g/mol. The van der Waals surface area contributed by atoms with Gasteiger partial charge in [-0.2, -0.15) is 11.8 Å². The SMILES string of the molecule is C[C@H](CC(=O)N1CCOC1=O)SCc1ccccc1. The molecule has 0 radical (unpaired) electrons. The predicted octanol–water partition coefficient (Wildman–Crippen LogP) is 2.68. The summed E-state index contributed by atoms with van der Waals surface area (Å²) < 4.78 is 4.76. The summed E-state index contributed by atoms with van der Waals surface area (Å²) in [6, 6.07) is 10.1. The minimum Gasteiger partial charge on any atom is -0.447 e. The lowest BCUT2D eigenvalue weighted by Gasteiger charge is -2.14. The third-order valence-electron chi connectivity index (χ3n) is 2.90. The van der Waals surface area contributed by atoms with Crippen molar-refractivity contribution in [1.29, 1.82) is 0 Å². The Morgan fingerprint density at radius 1 is 1.42 bits per heavy atom. The molecule has 0 aliphatic carbocycles. The van der Waals surface area contributed by atoms with Crippen molar-refractivity contribution in [3.8, 4) is 0 Å². The van der Waals surface area contributed by atoms with Crippen LogP contribution in [0, 0.1) is 0 Å². The number of amides is 2. The molecule has 0 spiro atoms. The fraction of sp³-hybridized carbons (Fsp3) is 0.429. The van der Waals surface area contributed by atoms with E-state index in [1.54, 1.807) is 11.8 Å². The molecule has 5 heteroatoms. The molecule has 102 valence electrons. The number of benzene rings is 1. The maximum absolute atomic E-state index is 11.9. The molecule has 2 rings (SSSR count). The summed E-state index contributed by atoms with van der Waals surface area (Å²) in [5.41, 5.74) is 1.24. The van der Waals surface area contributed by atoms with Crippen LogP contribution in [0.1, 0.15) is 18.9 Å². The third kappa shape index (κ3) is 3.99. The van der Waals surface area contributed by atoms with E-state index >= 15 is 0 Å². The van der Waals surface area contributed by atoms with Gasteiger partial charge >= 0.3 is 6.09 Å². The molecule has 0 aromatic heterocycles. The highest BCUT2D eigenvalue weighted by Gasteiger charge is 2.28. The summed E-state index contributed by atoms with van der Waals surface area (Å²) in [4.78, 5) is 24.3. The summed E-state index contributed by atoms with van der Waals surface area (Å²) in [7, 11) is 0. The molecule has 1 atom stereocenters. The Balaban J connectivity index is 1.76. The van der Waals surface area contributed by atoms with Crippen LogP contribution >= 0.6 is 11.8 Å². The zero-order valence-corrected chi connectivity index (χ0v) is 11.7. The number of hydrogen-bond donors (Lipinski definition) is 0. The smallest absolute Gasteiger partial charge is 0.416 e. The Hall–Kier alpha value is -1.49. The summed E-state index contributed by atoms with van der Waals surface area (Å²) in [6.07, 6.45) is -0.141. The van der Waals surface area contributed by atoms with Crippen LogP contribution < -0.4 is 0 Å². The Kier molecular flexibility index (Phi) is 4.85. The quantitative estimate of drug-likeness (QED) is 0.831. The lowest BCUT2D eigenvalue weighted by molar-refractivity contribution is -0.127. The molecule has 0 saturated carbocycles. The van der Waals surface area contributed by atoms with Gasteiger partial charge in [-0.15, -0.1) is 0 Å². The molecule has 0 bridgehead atoms. The van der Waals surface area contributed by atoms with E-state index in [4.69, 9.17) is 4.74 Å². The topological polar surface area (TPSA) is 46.6 Å². The van der Waals surface area contributed by atoms with Crippen molar-refractivity contribution in [3.63, 3.8) is 0 Å². The Bertz CT molecular complexity index is 449. The molecule has 1 aliphatic rings. The highest BCUT2D eigenvalue weighted by Crippen LogP contribution is 2.21. The van der Waals surface area contributed by atoms with Gasteiger partial charge in [0.15, 0.2) is 0 Å². The number of cyclic esters (lactones) is 1. The van der Waals surface area contributed by atoms with Crippen LogP contribution in [0.3, 0.4) is 0 Å². The molecule has 0 unspecified atom stereocenters. The molecule has 1 aromatic carbocycles. The maximum Gasteiger partial charge on any atom is 0.416 e. The second-order valence-electron chi connectivity index (χ2n) is 4.47. The second-order valence-corrected chi connectivity index (χ2v) is 5.90. The van der Waals surface area contributed by atoms with Crippen LogP contribution in [-0.2, 0) is 15.3 Å². The minimum atomic E-state index is -0.509. The van der Waals surface area contributed by atoms with Crippen LogP contribution in [0.4, 0.5) is 4.79 Å². The van der Waals surface area contributed by atoms with E-state index in [0.717, 1.165) is 5.75 Å². The van der Waals surface area contributed by atoms with Gasteiger partial charge in [-0.25, -0.2) is 9.69 Å². The average molecular weight is 279 g/mol. The summed E-state index contributed by atoms with van der Waals surface area (Å²) >= 11 is 1.72. The van der Waals surface area contributed by atoms with Gasteiger partial charge in [0.25, 0.3) is 0 Å². The maximum atomic E-state index is 11.9. The number of rotatable bonds is 5. The van der Waals surface area contributed by atoms with Crippen LogP contribution in [0.2, 0.25) is 0 Å². The average Bonchev–Trinajstić information content (AvgIpc) is 2.84. The lowest BCUT2D eigenvalue weighted by atomic mass is 10.2. The van der Waals surface area contributed by atoms with Crippen molar-refractivity contribution >= 4 is 23.8 Å². The van der Waals surface area contributed by atoms with Gasteiger partial charge in [0.05, 0.1) is 6.54 Å². The molecule has 1 saturated heterocycles. The van der Waals surface area contributed by atoms with Crippen LogP contribution in [0.5, 0.6) is 0 Å². The normalized spacial score (nSPS) is 16.3. The number of thioether (sulfide) groups is 1. The molecular weight excluding hydrogens is 262 g/mol.